The second kappa shape index (κ2) is 9.40. The molecule has 1 aliphatic rings. The molecule has 1 saturated heterocycles. The lowest BCUT2D eigenvalue weighted by molar-refractivity contribution is -0.336. The van der Waals surface area contributed by atoms with Crippen LogP contribution in [-0.2, 0) is 0 Å². The highest BCUT2D eigenvalue weighted by atomic mass is 79.9. The lowest BCUT2D eigenvalue weighted by Crippen LogP contribution is -2.54. The zero-order chi connectivity index (χ0) is 22.9. The van der Waals surface area contributed by atoms with Crippen molar-refractivity contribution in [1.29, 1.82) is 0 Å². The molecule has 0 radical (unpaired) electrons. The summed E-state index contributed by atoms with van der Waals surface area (Å²) in [4.78, 5) is 25.7. The first-order valence-corrected chi connectivity index (χ1v) is 12.1. The van der Waals surface area contributed by atoms with Crippen LogP contribution in [0, 0.1) is 0 Å². The van der Waals surface area contributed by atoms with Gasteiger partial charge in [-0.25, -0.2) is 9.88 Å². The maximum Gasteiger partial charge on any atom is 0.329 e. The third-order valence-corrected chi connectivity index (χ3v) is 6.53. The van der Waals surface area contributed by atoms with E-state index < -0.39 is 6.41 Å². The quantitative estimate of drug-likeness (QED) is 0.395. The smallest absolute Gasteiger partial charge is 0.329 e. The first-order valence-electron chi connectivity index (χ1n) is 10.4. The van der Waals surface area contributed by atoms with Gasteiger partial charge in [-0.15, -0.1) is 11.3 Å². The van der Waals surface area contributed by atoms with Gasteiger partial charge in [0.15, 0.2) is 9.52 Å². The minimum absolute atomic E-state index is 0.275. The number of nitrogens with zero attached hydrogens (tertiary/aromatic N) is 4. The van der Waals surface area contributed by atoms with E-state index in [0.717, 1.165) is 16.6 Å². The van der Waals surface area contributed by atoms with Gasteiger partial charge in [-0.1, -0.05) is 18.2 Å². The molecule has 1 aliphatic heterocycles. The number of aromatic nitrogens is 2. The average Bonchev–Trinajstić information content (AvgIpc) is 3.19. The molecule has 8 nitrogen and oxygen atoms in total. The zero-order valence-electron chi connectivity index (χ0n) is 18.2. The number of carbonyl (C=O) groups excluding carboxylic acids is 1. The molecule has 170 valence electrons. The fourth-order valence-electron chi connectivity index (χ4n) is 3.71. The summed E-state index contributed by atoms with van der Waals surface area (Å²) in [5.74, 6) is -0.275. The summed E-state index contributed by atoms with van der Waals surface area (Å²) < 4.78 is 5.12. The number of pyridine rings is 1. The maximum atomic E-state index is 12.8. The van der Waals surface area contributed by atoms with Crippen molar-refractivity contribution in [2.75, 3.05) is 36.4 Å². The summed E-state index contributed by atoms with van der Waals surface area (Å²) in [5.41, 5.74) is 2.49. The van der Waals surface area contributed by atoms with Gasteiger partial charge in [0, 0.05) is 57.7 Å². The van der Waals surface area contributed by atoms with Crippen molar-refractivity contribution in [3.8, 4) is 0 Å². The van der Waals surface area contributed by atoms with Gasteiger partial charge in [-0.3, -0.25) is 9.78 Å². The number of para-hydroxylation sites is 1. The fourth-order valence-corrected chi connectivity index (χ4v) is 4.70. The van der Waals surface area contributed by atoms with E-state index in [2.05, 4.69) is 40.9 Å². The molecule has 0 aliphatic carbocycles. The van der Waals surface area contributed by atoms with E-state index in [9.17, 15) is 9.90 Å². The molecular weight excluding hydrogens is 494 g/mol. The predicted molar refractivity (Wildman–Crippen MR) is 131 cm³/mol. The van der Waals surface area contributed by atoms with Crippen LogP contribution < -0.4 is 10.2 Å². The van der Waals surface area contributed by atoms with Crippen molar-refractivity contribution in [3.05, 3.63) is 45.5 Å². The number of fused-ring (bicyclic) bond motifs is 1. The van der Waals surface area contributed by atoms with Crippen LogP contribution in [0.1, 0.15) is 31.3 Å². The largest absolute Gasteiger partial charge is 0.393 e. The molecule has 1 atom stereocenters. The molecule has 1 aromatic carbocycles. The second-order valence-electron chi connectivity index (χ2n) is 8.65. The van der Waals surface area contributed by atoms with Crippen molar-refractivity contribution in [2.45, 2.75) is 32.8 Å². The van der Waals surface area contributed by atoms with Gasteiger partial charge >= 0.3 is 6.41 Å². The Morgan fingerprint density at radius 2 is 1.97 bits per heavy atom. The number of piperazine rings is 1. The lowest BCUT2D eigenvalue weighted by Gasteiger charge is -2.38. The minimum atomic E-state index is -0.825. The number of hydrogen-bond acceptors (Lipinski definition) is 7. The van der Waals surface area contributed by atoms with Crippen molar-refractivity contribution >= 4 is 55.5 Å². The average molecular weight is 521 g/mol. The van der Waals surface area contributed by atoms with Gasteiger partial charge in [0.2, 0.25) is 0 Å². The number of carbonyl (C=O) groups is 1. The third-order valence-electron chi connectivity index (χ3n) is 5.16. The fraction of sp³-hybridized carbons (Fsp3) is 0.409. The molecule has 1 fully saturated rings. The first-order chi connectivity index (χ1) is 15.2. The topological polar surface area (TPSA) is 94.4 Å². The van der Waals surface area contributed by atoms with E-state index in [-0.39, 0.29) is 11.5 Å². The van der Waals surface area contributed by atoms with E-state index in [0.29, 0.717) is 41.5 Å². The van der Waals surface area contributed by atoms with Crippen molar-refractivity contribution in [1.82, 2.24) is 14.9 Å². The molecule has 3 heterocycles. The molecule has 2 aromatic heterocycles. The summed E-state index contributed by atoms with van der Waals surface area (Å²) in [6.07, 6.45) is 0.876. The Balaban J connectivity index is 1.58. The Morgan fingerprint density at radius 1 is 1.25 bits per heavy atom. The monoisotopic (exact) mass is 520 g/mol. The van der Waals surface area contributed by atoms with Crippen molar-refractivity contribution in [3.63, 3.8) is 0 Å². The number of thiazole rings is 1. The second-order valence-corrected chi connectivity index (χ2v) is 10.8. The molecule has 0 saturated carbocycles. The number of hydrogen-bond donors (Lipinski definition) is 2. The molecule has 4 rings (SSSR count). The summed E-state index contributed by atoms with van der Waals surface area (Å²) in [7, 11) is 0. The van der Waals surface area contributed by atoms with Gasteiger partial charge < -0.3 is 20.1 Å². The van der Waals surface area contributed by atoms with Crippen LogP contribution in [0.15, 0.2) is 39.8 Å². The summed E-state index contributed by atoms with van der Waals surface area (Å²) in [6, 6.07) is 7.90. The molecule has 32 heavy (non-hydrogen) atoms. The maximum absolute atomic E-state index is 12.8. The number of anilines is 2. The van der Waals surface area contributed by atoms with Crippen LogP contribution >= 0.6 is 27.3 Å². The molecule has 10 heteroatoms. The van der Waals surface area contributed by atoms with Gasteiger partial charge in [-0.2, -0.15) is 0 Å². The number of aliphatic hydroxyl groups excluding tert-OH is 1. The van der Waals surface area contributed by atoms with Crippen LogP contribution in [0.25, 0.3) is 10.9 Å². The summed E-state index contributed by atoms with van der Waals surface area (Å²) in [6.45, 7) is 8.63. The molecule has 3 aromatic rings. The van der Waals surface area contributed by atoms with Crippen LogP contribution in [0.4, 0.5) is 11.4 Å². The normalized spacial score (nSPS) is 16.3. The van der Waals surface area contributed by atoms with Gasteiger partial charge in [0.05, 0.1) is 23.1 Å². The number of nitrogens with one attached hydrogen (secondary N) is 1. The van der Waals surface area contributed by atoms with Crippen LogP contribution in [-0.4, -0.2) is 68.8 Å². The molecule has 0 bridgehead atoms. The Kier molecular flexibility index (Phi) is 6.78. The predicted octanol–water partition coefficient (Wildman–Crippen LogP) is 3.43. The highest BCUT2D eigenvalue weighted by Crippen LogP contribution is 2.34. The van der Waals surface area contributed by atoms with Gasteiger partial charge in [-0.05, 0) is 22.0 Å². The van der Waals surface area contributed by atoms with Gasteiger partial charge in [0.25, 0.3) is 5.91 Å². The Labute approximate surface area is 199 Å². The molecule has 0 spiro atoms. The Bertz CT molecular complexity index is 1110. The molecule has 3 N–H and O–H groups in total. The summed E-state index contributed by atoms with van der Waals surface area (Å²) >= 11 is 4.67. The Morgan fingerprint density at radius 3 is 2.62 bits per heavy atom. The number of ether oxygens (including phenoxy) is 1. The van der Waals surface area contributed by atoms with E-state index in [1.54, 1.807) is 11.6 Å². The molecule has 1 unspecified atom stereocenters. The number of amides is 1. The zero-order valence-corrected chi connectivity index (χ0v) is 20.7. The minimum Gasteiger partial charge on any atom is -0.393 e. The van der Waals surface area contributed by atoms with Crippen LogP contribution in [0.3, 0.4) is 0 Å². The number of benzene rings is 1. The third kappa shape index (κ3) is 5.26. The van der Waals surface area contributed by atoms with Crippen LogP contribution in [0.5, 0.6) is 0 Å². The van der Waals surface area contributed by atoms with Crippen molar-refractivity contribution in [2.24, 2.45) is 0 Å². The highest BCUT2D eigenvalue weighted by molar-refractivity contribution is 9.11. The highest BCUT2D eigenvalue weighted by Gasteiger charge is 2.31. The standard InChI is InChI=1S/C22H26BrN5O3S/c1-22(2,3)31-21(30)28-10-8-27(9-11-28)18-14-6-4-5-7-15(14)24-12-16(18)25-19(29)17-13-32-20(23)26-17/h4-7,12-13,21,30H,8-11H2,1-3H3,(H,25,29)/p+1. The van der Waals surface area contributed by atoms with E-state index in [1.165, 1.54) is 11.3 Å². The number of halogens is 1. The van der Waals surface area contributed by atoms with E-state index in [4.69, 9.17) is 0 Å². The van der Waals surface area contributed by atoms with E-state index >= 15 is 0 Å². The first kappa shape index (κ1) is 23.1. The number of aliphatic hydroxyl groups is 3. The Hall–Kier alpha value is -2.11. The van der Waals surface area contributed by atoms with Crippen molar-refractivity contribution < 1.29 is 14.6 Å². The SMILES string of the molecule is CC(C)(C)[OH+]C(O)N1CCN(c2c(NC(=O)c3csc(Br)n3)cnc3ccccc23)CC1. The van der Waals surface area contributed by atoms with Crippen LogP contribution in [0.2, 0.25) is 0 Å². The van der Waals surface area contributed by atoms with Gasteiger partial charge in [0.1, 0.15) is 5.69 Å². The lowest BCUT2D eigenvalue weighted by atomic mass is 10.1. The molecule has 1 amide bonds. The summed E-state index contributed by atoms with van der Waals surface area (Å²) in [5, 5.41) is 16.2. The molecular formula is C22H27BrN5O3S+. The van der Waals surface area contributed by atoms with E-state index in [1.807, 2.05) is 49.9 Å². The number of rotatable bonds is 5.